The fourth-order valence-corrected chi connectivity index (χ4v) is 2.57. The first-order valence-electron chi connectivity index (χ1n) is 6.45. The van der Waals surface area contributed by atoms with Crippen LogP contribution in [0.1, 0.15) is 31.4 Å². The zero-order valence-electron chi connectivity index (χ0n) is 10.6. The molecule has 4 heteroatoms. The minimum Gasteiger partial charge on any atom is -0.379 e. The number of rotatable bonds is 5. The molecule has 0 amide bonds. The lowest BCUT2D eigenvalue weighted by Gasteiger charge is -2.26. The second-order valence-corrected chi connectivity index (χ2v) is 5.59. The van der Waals surface area contributed by atoms with E-state index >= 15 is 0 Å². The first-order chi connectivity index (χ1) is 8.70. The molecule has 1 saturated heterocycles. The molecule has 100 valence electrons. The Morgan fingerprint density at radius 1 is 1.56 bits per heavy atom. The van der Waals surface area contributed by atoms with Crippen molar-refractivity contribution in [3.8, 4) is 0 Å². The van der Waals surface area contributed by atoms with Gasteiger partial charge in [0.2, 0.25) is 0 Å². The van der Waals surface area contributed by atoms with Gasteiger partial charge in [-0.25, -0.2) is 0 Å². The van der Waals surface area contributed by atoms with E-state index in [1.807, 2.05) is 12.1 Å². The molecular formula is C14H20BrNO2. The molecule has 1 aliphatic rings. The SMILES string of the molecule is CCC(N)C(OC1CCOC1)c1cccc(Br)c1. The Morgan fingerprint density at radius 3 is 3.00 bits per heavy atom. The normalized spacial score (nSPS) is 22.9. The van der Waals surface area contributed by atoms with Crippen LogP contribution in [0, 0.1) is 0 Å². The smallest absolute Gasteiger partial charge is 0.0980 e. The maximum absolute atomic E-state index is 6.20. The van der Waals surface area contributed by atoms with Gasteiger partial charge in [-0.2, -0.15) is 0 Å². The highest BCUT2D eigenvalue weighted by molar-refractivity contribution is 9.10. The number of nitrogens with two attached hydrogens (primary N) is 1. The van der Waals surface area contributed by atoms with Crippen LogP contribution in [0.5, 0.6) is 0 Å². The summed E-state index contributed by atoms with van der Waals surface area (Å²) in [6, 6.07) is 8.19. The fourth-order valence-electron chi connectivity index (χ4n) is 2.15. The Morgan fingerprint density at radius 2 is 2.39 bits per heavy atom. The Kier molecular flexibility index (Phi) is 5.18. The van der Waals surface area contributed by atoms with E-state index in [0.717, 1.165) is 29.5 Å². The Bertz CT molecular complexity index is 380. The lowest BCUT2D eigenvalue weighted by atomic mass is 10.0. The minimum atomic E-state index is -0.0563. The van der Waals surface area contributed by atoms with E-state index in [1.165, 1.54) is 0 Å². The number of benzene rings is 1. The minimum absolute atomic E-state index is 0.0138. The molecular weight excluding hydrogens is 294 g/mol. The predicted octanol–water partition coefficient (Wildman–Crippen LogP) is 3.03. The lowest BCUT2D eigenvalue weighted by molar-refractivity contribution is -0.0301. The standard InChI is InChI=1S/C14H20BrNO2/c1-2-13(16)14(18-12-6-7-17-9-12)10-4-3-5-11(15)8-10/h3-5,8,12-14H,2,6-7,9,16H2,1H3. The van der Waals surface area contributed by atoms with E-state index in [-0.39, 0.29) is 18.2 Å². The van der Waals surface area contributed by atoms with Crippen LogP contribution in [-0.4, -0.2) is 25.4 Å². The molecule has 0 saturated carbocycles. The number of hydrogen-bond acceptors (Lipinski definition) is 3. The monoisotopic (exact) mass is 313 g/mol. The molecule has 1 heterocycles. The highest BCUT2D eigenvalue weighted by Crippen LogP contribution is 2.27. The molecule has 1 aliphatic heterocycles. The zero-order chi connectivity index (χ0) is 13.0. The van der Waals surface area contributed by atoms with Crippen molar-refractivity contribution in [2.24, 2.45) is 5.73 Å². The average Bonchev–Trinajstić information content (AvgIpc) is 2.88. The van der Waals surface area contributed by atoms with Crippen LogP contribution < -0.4 is 5.73 Å². The maximum Gasteiger partial charge on any atom is 0.0980 e. The summed E-state index contributed by atoms with van der Waals surface area (Å²) in [5.74, 6) is 0. The summed E-state index contributed by atoms with van der Waals surface area (Å²) < 4.78 is 12.5. The van der Waals surface area contributed by atoms with Gasteiger partial charge in [0.25, 0.3) is 0 Å². The van der Waals surface area contributed by atoms with Gasteiger partial charge in [0.1, 0.15) is 0 Å². The van der Waals surface area contributed by atoms with Gasteiger partial charge < -0.3 is 15.2 Å². The highest BCUT2D eigenvalue weighted by Gasteiger charge is 2.26. The van der Waals surface area contributed by atoms with Crippen LogP contribution in [0.25, 0.3) is 0 Å². The van der Waals surface area contributed by atoms with Crippen molar-refractivity contribution in [2.75, 3.05) is 13.2 Å². The maximum atomic E-state index is 6.20. The first kappa shape index (κ1) is 14.0. The van der Waals surface area contributed by atoms with Crippen LogP contribution in [-0.2, 0) is 9.47 Å². The van der Waals surface area contributed by atoms with Crippen LogP contribution in [0.4, 0.5) is 0 Å². The van der Waals surface area contributed by atoms with Crippen molar-refractivity contribution in [3.05, 3.63) is 34.3 Å². The summed E-state index contributed by atoms with van der Waals surface area (Å²) in [4.78, 5) is 0. The zero-order valence-corrected chi connectivity index (χ0v) is 12.2. The van der Waals surface area contributed by atoms with Crippen molar-refractivity contribution >= 4 is 15.9 Å². The molecule has 1 aromatic carbocycles. The average molecular weight is 314 g/mol. The summed E-state index contributed by atoms with van der Waals surface area (Å²) in [7, 11) is 0. The summed E-state index contributed by atoms with van der Waals surface area (Å²) in [5, 5.41) is 0. The molecule has 18 heavy (non-hydrogen) atoms. The van der Waals surface area contributed by atoms with Gasteiger partial charge in [-0.05, 0) is 30.5 Å². The molecule has 2 N–H and O–H groups in total. The quantitative estimate of drug-likeness (QED) is 0.908. The third kappa shape index (κ3) is 3.54. The number of ether oxygens (including phenoxy) is 2. The van der Waals surface area contributed by atoms with Gasteiger partial charge in [0, 0.05) is 17.1 Å². The lowest BCUT2D eigenvalue weighted by Crippen LogP contribution is -2.32. The van der Waals surface area contributed by atoms with E-state index in [2.05, 4.69) is 35.0 Å². The topological polar surface area (TPSA) is 44.5 Å². The van der Waals surface area contributed by atoms with E-state index in [9.17, 15) is 0 Å². The second-order valence-electron chi connectivity index (χ2n) is 4.67. The second kappa shape index (κ2) is 6.66. The third-order valence-electron chi connectivity index (χ3n) is 3.26. The van der Waals surface area contributed by atoms with Crippen LogP contribution in [0.2, 0.25) is 0 Å². The van der Waals surface area contributed by atoms with Crippen molar-refractivity contribution in [1.29, 1.82) is 0 Å². The van der Waals surface area contributed by atoms with E-state index in [1.54, 1.807) is 0 Å². The van der Waals surface area contributed by atoms with Crippen LogP contribution >= 0.6 is 15.9 Å². The van der Waals surface area contributed by atoms with Crippen LogP contribution in [0.15, 0.2) is 28.7 Å². The highest BCUT2D eigenvalue weighted by atomic mass is 79.9. The van der Waals surface area contributed by atoms with Gasteiger partial charge >= 0.3 is 0 Å². The van der Waals surface area contributed by atoms with Crippen molar-refractivity contribution in [1.82, 2.24) is 0 Å². The van der Waals surface area contributed by atoms with Crippen LogP contribution in [0.3, 0.4) is 0 Å². The van der Waals surface area contributed by atoms with Gasteiger partial charge in [0.05, 0.1) is 18.8 Å². The van der Waals surface area contributed by atoms with Gasteiger partial charge in [0.15, 0.2) is 0 Å². The summed E-state index contributed by atoms with van der Waals surface area (Å²) in [6.07, 6.45) is 1.97. The van der Waals surface area contributed by atoms with E-state index < -0.39 is 0 Å². The van der Waals surface area contributed by atoms with Gasteiger partial charge in [-0.15, -0.1) is 0 Å². The third-order valence-corrected chi connectivity index (χ3v) is 3.76. The molecule has 1 aromatic rings. The molecule has 0 aromatic heterocycles. The van der Waals surface area contributed by atoms with Gasteiger partial charge in [-0.3, -0.25) is 0 Å². The molecule has 2 rings (SSSR count). The number of halogens is 1. The summed E-state index contributed by atoms with van der Waals surface area (Å²) in [5.41, 5.74) is 7.33. The molecule has 0 bridgehead atoms. The predicted molar refractivity (Wildman–Crippen MR) is 75.5 cm³/mol. The van der Waals surface area contributed by atoms with Crippen molar-refractivity contribution in [3.63, 3.8) is 0 Å². The van der Waals surface area contributed by atoms with Gasteiger partial charge in [-0.1, -0.05) is 35.0 Å². The largest absolute Gasteiger partial charge is 0.379 e. The molecule has 1 fully saturated rings. The number of hydrogen-bond donors (Lipinski definition) is 1. The summed E-state index contributed by atoms with van der Waals surface area (Å²) >= 11 is 3.49. The Labute approximate surface area is 117 Å². The van der Waals surface area contributed by atoms with E-state index in [0.29, 0.717) is 6.61 Å². The Hall–Kier alpha value is -0.420. The molecule has 3 nitrogen and oxygen atoms in total. The molecule has 0 radical (unpaired) electrons. The summed E-state index contributed by atoms with van der Waals surface area (Å²) in [6.45, 7) is 3.56. The fraction of sp³-hybridized carbons (Fsp3) is 0.571. The van der Waals surface area contributed by atoms with E-state index in [4.69, 9.17) is 15.2 Å². The molecule has 3 unspecified atom stereocenters. The first-order valence-corrected chi connectivity index (χ1v) is 7.24. The molecule has 0 aliphatic carbocycles. The molecule has 3 atom stereocenters. The molecule has 0 spiro atoms. The Balaban J connectivity index is 2.13. The van der Waals surface area contributed by atoms with Crippen molar-refractivity contribution in [2.45, 2.75) is 38.0 Å². The van der Waals surface area contributed by atoms with Crippen molar-refractivity contribution < 1.29 is 9.47 Å².